The molecule has 4 rings (SSSR count). The van der Waals surface area contributed by atoms with E-state index in [0.29, 0.717) is 39.5 Å². The number of morpholine rings is 2. The van der Waals surface area contributed by atoms with Gasteiger partial charge in [-0.3, -0.25) is 18.9 Å². The lowest BCUT2D eigenvalue weighted by Gasteiger charge is -2.28. The van der Waals surface area contributed by atoms with Crippen LogP contribution in [0, 0.1) is 0 Å². The van der Waals surface area contributed by atoms with Crippen LogP contribution in [0.25, 0.3) is 11.0 Å². The Morgan fingerprint density at radius 2 is 1.13 bits per heavy atom. The number of hydrogen-bond acceptors (Lipinski definition) is 7. The lowest BCUT2D eigenvalue weighted by molar-refractivity contribution is 0.0107. The number of imidazole rings is 1. The van der Waals surface area contributed by atoms with E-state index < -0.39 is 12.2 Å². The summed E-state index contributed by atoms with van der Waals surface area (Å²) < 4.78 is 14.0. The van der Waals surface area contributed by atoms with Gasteiger partial charge in [-0.2, -0.15) is 0 Å². The van der Waals surface area contributed by atoms with Gasteiger partial charge in [0.25, 0.3) is 0 Å². The minimum Gasteiger partial charge on any atom is -0.390 e. The lowest BCUT2D eigenvalue weighted by Crippen LogP contribution is -2.43. The number of β-amino-alcohol motifs (C(OH)–C–C–N with tert-alkyl or cyclic N) is 2. The Hall–Kier alpha value is -1.75. The van der Waals surface area contributed by atoms with Crippen LogP contribution < -0.4 is 5.69 Å². The van der Waals surface area contributed by atoms with Crippen LogP contribution in [0.15, 0.2) is 29.1 Å². The van der Waals surface area contributed by atoms with Crippen LogP contribution in [0.3, 0.4) is 0 Å². The fourth-order valence-electron chi connectivity index (χ4n) is 4.33. The summed E-state index contributed by atoms with van der Waals surface area (Å²) in [6.45, 7) is 7.34. The first-order valence-corrected chi connectivity index (χ1v) is 10.8. The zero-order valence-corrected chi connectivity index (χ0v) is 17.4. The van der Waals surface area contributed by atoms with E-state index in [4.69, 9.17) is 9.47 Å². The molecule has 0 unspecified atom stereocenters. The molecule has 1 aromatic carbocycles. The van der Waals surface area contributed by atoms with Crippen molar-refractivity contribution >= 4 is 11.0 Å². The number of aliphatic hydroxyl groups is 2. The summed E-state index contributed by atoms with van der Waals surface area (Å²) in [4.78, 5) is 17.5. The van der Waals surface area contributed by atoms with Gasteiger partial charge in [0.2, 0.25) is 0 Å². The maximum atomic E-state index is 13.2. The average molecular weight is 421 g/mol. The first-order valence-electron chi connectivity index (χ1n) is 10.8. The molecule has 166 valence electrons. The van der Waals surface area contributed by atoms with Crippen molar-refractivity contribution < 1.29 is 19.7 Å². The van der Waals surface area contributed by atoms with Crippen molar-refractivity contribution in [2.45, 2.75) is 25.3 Å². The Morgan fingerprint density at radius 3 is 1.53 bits per heavy atom. The largest absolute Gasteiger partial charge is 0.390 e. The summed E-state index contributed by atoms with van der Waals surface area (Å²) in [5, 5.41) is 21.3. The van der Waals surface area contributed by atoms with Crippen LogP contribution in [-0.2, 0) is 22.6 Å². The minimum atomic E-state index is -0.654. The van der Waals surface area contributed by atoms with Crippen LogP contribution in [0.2, 0.25) is 0 Å². The topological polar surface area (TPSA) is 92.3 Å². The first-order chi connectivity index (χ1) is 14.6. The number of nitrogens with zero attached hydrogens (tertiary/aromatic N) is 4. The van der Waals surface area contributed by atoms with Crippen LogP contribution >= 0.6 is 0 Å². The zero-order valence-electron chi connectivity index (χ0n) is 17.4. The number of benzene rings is 1. The summed E-state index contributed by atoms with van der Waals surface area (Å²) in [5.41, 5.74) is 1.36. The van der Waals surface area contributed by atoms with Crippen LogP contribution in [-0.4, -0.2) is 107 Å². The molecule has 2 saturated heterocycles. The molecular weight excluding hydrogens is 388 g/mol. The van der Waals surface area contributed by atoms with E-state index in [-0.39, 0.29) is 18.8 Å². The molecule has 0 bridgehead atoms. The number of rotatable bonds is 8. The molecule has 0 radical (unpaired) electrons. The number of para-hydroxylation sites is 2. The Balaban J connectivity index is 1.48. The van der Waals surface area contributed by atoms with Gasteiger partial charge in [0.15, 0.2) is 0 Å². The highest BCUT2D eigenvalue weighted by Gasteiger charge is 2.21. The fourth-order valence-corrected chi connectivity index (χ4v) is 4.33. The third-order valence-corrected chi connectivity index (χ3v) is 5.86. The molecule has 2 fully saturated rings. The second kappa shape index (κ2) is 10.0. The molecule has 3 heterocycles. The maximum Gasteiger partial charge on any atom is 0.329 e. The minimum absolute atomic E-state index is 0.196. The second-order valence-corrected chi connectivity index (χ2v) is 8.13. The highest BCUT2D eigenvalue weighted by molar-refractivity contribution is 5.76. The number of aromatic nitrogens is 2. The van der Waals surface area contributed by atoms with Gasteiger partial charge in [-0.1, -0.05) is 12.1 Å². The number of aliphatic hydroxyl groups excluding tert-OH is 2. The highest BCUT2D eigenvalue weighted by atomic mass is 16.5. The van der Waals surface area contributed by atoms with Crippen molar-refractivity contribution in [2.24, 2.45) is 0 Å². The fraction of sp³-hybridized carbons (Fsp3) is 0.667. The standard InChI is InChI=1S/C21H32N4O5/c26-17(13-22-5-9-29-10-6-22)15-24-19-3-1-2-4-20(19)25(21(24)28)16-18(27)14-23-7-11-30-12-8-23/h1-4,17-18,26-27H,5-16H2/t17-,18-/m0/s1. The summed E-state index contributed by atoms with van der Waals surface area (Å²) in [6, 6.07) is 7.56. The van der Waals surface area contributed by atoms with E-state index in [1.807, 2.05) is 24.3 Å². The molecule has 0 amide bonds. The predicted molar refractivity (Wildman–Crippen MR) is 113 cm³/mol. The SMILES string of the molecule is O=c1n(C[C@@H](O)CN2CCOCC2)c2ccccc2n1C[C@@H](O)CN1CCOCC1. The summed E-state index contributed by atoms with van der Waals surface area (Å²) in [5.74, 6) is 0. The second-order valence-electron chi connectivity index (χ2n) is 8.13. The van der Waals surface area contributed by atoms with Crippen LogP contribution in [0.4, 0.5) is 0 Å². The van der Waals surface area contributed by atoms with Gasteiger partial charge in [-0.05, 0) is 12.1 Å². The highest BCUT2D eigenvalue weighted by Crippen LogP contribution is 2.15. The quantitative estimate of drug-likeness (QED) is 0.577. The molecule has 2 aliphatic heterocycles. The van der Waals surface area contributed by atoms with E-state index in [2.05, 4.69) is 9.80 Å². The van der Waals surface area contributed by atoms with Crippen molar-refractivity contribution in [3.63, 3.8) is 0 Å². The predicted octanol–water partition coefficient (Wildman–Crippen LogP) is -0.811. The number of ether oxygens (including phenoxy) is 2. The van der Waals surface area contributed by atoms with Crippen molar-refractivity contribution in [1.82, 2.24) is 18.9 Å². The summed E-state index contributed by atoms with van der Waals surface area (Å²) in [7, 11) is 0. The number of fused-ring (bicyclic) bond motifs is 1. The third kappa shape index (κ3) is 5.11. The molecule has 0 aliphatic carbocycles. The zero-order chi connectivity index (χ0) is 20.9. The van der Waals surface area contributed by atoms with E-state index in [0.717, 1.165) is 37.2 Å². The summed E-state index contributed by atoms with van der Waals surface area (Å²) >= 11 is 0. The van der Waals surface area contributed by atoms with Gasteiger partial charge in [0.05, 0.1) is 62.8 Å². The molecular formula is C21H32N4O5. The van der Waals surface area contributed by atoms with Crippen molar-refractivity contribution in [1.29, 1.82) is 0 Å². The molecule has 0 spiro atoms. The molecule has 0 saturated carbocycles. The molecule has 9 heteroatoms. The molecule has 2 aliphatic rings. The van der Waals surface area contributed by atoms with E-state index in [1.165, 1.54) is 0 Å². The Bertz CT molecular complexity index is 802. The Kier molecular flexibility index (Phi) is 7.19. The van der Waals surface area contributed by atoms with Crippen molar-refractivity contribution in [3.05, 3.63) is 34.7 Å². The van der Waals surface area contributed by atoms with Gasteiger partial charge >= 0.3 is 5.69 Å². The molecule has 30 heavy (non-hydrogen) atoms. The molecule has 2 aromatic rings. The molecule has 9 nitrogen and oxygen atoms in total. The lowest BCUT2D eigenvalue weighted by atomic mass is 10.2. The smallest absolute Gasteiger partial charge is 0.329 e. The molecule has 2 N–H and O–H groups in total. The summed E-state index contributed by atoms with van der Waals surface area (Å²) in [6.07, 6.45) is -1.31. The average Bonchev–Trinajstić information content (AvgIpc) is 3.01. The van der Waals surface area contributed by atoms with Gasteiger partial charge in [0.1, 0.15) is 0 Å². The van der Waals surface area contributed by atoms with Gasteiger partial charge in [-0.15, -0.1) is 0 Å². The van der Waals surface area contributed by atoms with Crippen LogP contribution in [0.5, 0.6) is 0 Å². The van der Waals surface area contributed by atoms with Gasteiger partial charge < -0.3 is 19.7 Å². The number of hydrogen-bond donors (Lipinski definition) is 2. The van der Waals surface area contributed by atoms with Crippen molar-refractivity contribution in [3.8, 4) is 0 Å². The monoisotopic (exact) mass is 420 g/mol. The molecule has 2 atom stereocenters. The van der Waals surface area contributed by atoms with E-state index in [9.17, 15) is 15.0 Å². The van der Waals surface area contributed by atoms with Crippen molar-refractivity contribution in [2.75, 3.05) is 65.7 Å². The Morgan fingerprint density at radius 1 is 0.733 bits per heavy atom. The van der Waals surface area contributed by atoms with Crippen LogP contribution in [0.1, 0.15) is 0 Å². The molecule has 1 aromatic heterocycles. The van der Waals surface area contributed by atoms with Gasteiger partial charge in [-0.25, -0.2) is 4.79 Å². The normalized spacial score (nSPS) is 21.1. The van der Waals surface area contributed by atoms with Gasteiger partial charge in [0, 0.05) is 39.3 Å². The van der Waals surface area contributed by atoms with E-state index >= 15 is 0 Å². The maximum absolute atomic E-state index is 13.2. The first kappa shape index (κ1) is 21.5. The Labute approximate surface area is 176 Å². The van der Waals surface area contributed by atoms with E-state index in [1.54, 1.807) is 9.13 Å². The third-order valence-electron chi connectivity index (χ3n) is 5.86.